The Bertz CT molecular complexity index is 1110. The molecule has 0 spiro atoms. The maximum absolute atomic E-state index is 14.3. The van der Waals surface area contributed by atoms with Crippen LogP contribution in [0.15, 0.2) is 53.7 Å². The quantitative estimate of drug-likeness (QED) is 0.508. The van der Waals surface area contributed by atoms with Crippen molar-refractivity contribution in [1.29, 1.82) is 0 Å². The molecule has 1 saturated carbocycles. The fourth-order valence-electron chi connectivity index (χ4n) is 4.40. The van der Waals surface area contributed by atoms with E-state index in [0.29, 0.717) is 16.5 Å². The predicted octanol–water partition coefficient (Wildman–Crippen LogP) is 5.05. The Morgan fingerprint density at radius 2 is 1.90 bits per heavy atom. The van der Waals surface area contributed by atoms with Crippen molar-refractivity contribution in [3.05, 3.63) is 65.5 Å². The highest BCUT2D eigenvalue weighted by atomic mass is 32.2. The van der Waals surface area contributed by atoms with Gasteiger partial charge in [-0.25, -0.2) is 4.39 Å². The van der Waals surface area contributed by atoms with Crippen LogP contribution >= 0.6 is 11.8 Å². The van der Waals surface area contributed by atoms with Crippen LogP contribution in [0.25, 0.3) is 11.4 Å². The van der Waals surface area contributed by atoms with E-state index in [1.54, 1.807) is 18.2 Å². The minimum atomic E-state index is -0.305. The molecule has 0 aliphatic heterocycles. The van der Waals surface area contributed by atoms with Crippen LogP contribution in [-0.2, 0) is 11.2 Å². The zero-order valence-corrected chi connectivity index (χ0v) is 18.3. The molecule has 7 heteroatoms. The lowest BCUT2D eigenvalue weighted by Gasteiger charge is -2.33. The van der Waals surface area contributed by atoms with Crippen molar-refractivity contribution in [3.63, 3.8) is 0 Å². The lowest BCUT2D eigenvalue weighted by molar-refractivity contribution is -0.129. The molecule has 2 aliphatic carbocycles. The molecular formula is C24H25FN4OS. The molecule has 0 N–H and O–H groups in total. The molecule has 1 fully saturated rings. The van der Waals surface area contributed by atoms with Gasteiger partial charge in [0.1, 0.15) is 5.82 Å². The summed E-state index contributed by atoms with van der Waals surface area (Å²) >= 11 is 1.39. The number of hydrogen-bond donors (Lipinski definition) is 0. The Morgan fingerprint density at radius 3 is 2.71 bits per heavy atom. The van der Waals surface area contributed by atoms with E-state index in [2.05, 4.69) is 28.4 Å². The van der Waals surface area contributed by atoms with Gasteiger partial charge in [-0.05, 0) is 55.4 Å². The van der Waals surface area contributed by atoms with E-state index in [0.717, 1.165) is 32.1 Å². The number of rotatable bonds is 6. The number of fused-ring (bicyclic) bond motifs is 1. The van der Waals surface area contributed by atoms with Crippen LogP contribution in [0.3, 0.4) is 0 Å². The van der Waals surface area contributed by atoms with Crippen LogP contribution in [0.4, 0.5) is 4.39 Å². The van der Waals surface area contributed by atoms with Crippen LogP contribution in [0, 0.1) is 5.82 Å². The van der Waals surface area contributed by atoms with Gasteiger partial charge in [-0.2, -0.15) is 0 Å². The first-order valence-electron chi connectivity index (χ1n) is 10.8. The number of benzene rings is 2. The van der Waals surface area contributed by atoms with Gasteiger partial charge in [0, 0.05) is 13.1 Å². The number of nitrogens with zero attached hydrogens (tertiary/aromatic N) is 4. The second-order valence-electron chi connectivity index (χ2n) is 8.29. The molecule has 5 nitrogen and oxygen atoms in total. The third kappa shape index (κ3) is 3.99. The first-order chi connectivity index (χ1) is 15.1. The zero-order valence-electron chi connectivity index (χ0n) is 17.5. The fraction of sp³-hybridized carbons (Fsp3) is 0.375. The molecule has 1 atom stereocenters. The topological polar surface area (TPSA) is 51.0 Å². The molecule has 5 rings (SSSR count). The highest BCUT2D eigenvalue weighted by Crippen LogP contribution is 2.41. The number of halogens is 1. The number of thioether (sulfide) groups is 1. The van der Waals surface area contributed by atoms with Crippen molar-refractivity contribution in [1.82, 2.24) is 19.7 Å². The molecule has 1 heterocycles. The van der Waals surface area contributed by atoms with Crippen molar-refractivity contribution in [2.45, 2.75) is 49.3 Å². The Kier molecular flexibility index (Phi) is 5.52. The molecule has 31 heavy (non-hydrogen) atoms. The molecule has 1 amide bonds. The van der Waals surface area contributed by atoms with E-state index in [-0.39, 0.29) is 29.6 Å². The van der Waals surface area contributed by atoms with E-state index in [1.165, 1.54) is 29.0 Å². The molecular weight excluding hydrogens is 411 g/mol. The number of aromatic nitrogens is 3. The second kappa shape index (κ2) is 8.46. The Balaban J connectivity index is 1.33. The summed E-state index contributed by atoms with van der Waals surface area (Å²) in [6.07, 6.45) is 5.21. The van der Waals surface area contributed by atoms with Crippen molar-refractivity contribution < 1.29 is 9.18 Å². The summed E-state index contributed by atoms with van der Waals surface area (Å²) in [6, 6.07) is 15.5. The lowest BCUT2D eigenvalue weighted by Crippen LogP contribution is -2.34. The summed E-state index contributed by atoms with van der Waals surface area (Å²) in [5.74, 6) is 0.604. The van der Waals surface area contributed by atoms with E-state index < -0.39 is 0 Å². The number of amides is 1. The monoisotopic (exact) mass is 436 g/mol. The standard InChI is InChI=1S/C24H25FN4OS/c1-28(21-12-6-8-16-7-2-3-9-18(16)21)22(30)15-31-24-27-26-23(29(24)17-13-14-17)19-10-4-5-11-20(19)25/h2-5,7,9-11,17,21H,6,8,12-15H2,1H3. The van der Waals surface area contributed by atoms with E-state index in [4.69, 9.17) is 0 Å². The Hall–Kier alpha value is -2.67. The van der Waals surface area contributed by atoms with Crippen LogP contribution in [0.5, 0.6) is 0 Å². The van der Waals surface area contributed by atoms with Crippen LogP contribution in [-0.4, -0.2) is 38.4 Å². The van der Waals surface area contributed by atoms with Crippen molar-refractivity contribution in [3.8, 4) is 11.4 Å². The second-order valence-corrected chi connectivity index (χ2v) is 9.23. The average Bonchev–Trinajstić information content (AvgIpc) is 3.56. The third-order valence-corrected chi connectivity index (χ3v) is 7.14. The molecule has 0 radical (unpaired) electrons. The number of carbonyl (C=O) groups is 1. The molecule has 160 valence electrons. The molecule has 2 aliphatic rings. The first-order valence-corrected chi connectivity index (χ1v) is 11.8. The fourth-order valence-corrected chi connectivity index (χ4v) is 5.33. The normalized spacial score (nSPS) is 17.9. The van der Waals surface area contributed by atoms with E-state index in [9.17, 15) is 9.18 Å². The molecule has 0 saturated heterocycles. The number of aryl methyl sites for hydroxylation is 1. The van der Waals surface area contributed by atoms with Crippen LogP contribution in [0.2, 0.25) is 0 Å². The summed E-state index contributed by atoms with van der Waals surface area (Å²) in [5.41, 5.74) is 3.06. The maximum atomic E-state index is 14.3. The van der Waals surface area contributed by atoms with Gasteiger partial charge in [0.25, 0.3) is 0 Å². The van der Waals surface area contributed by atoms with Gasteiger partial charge in [-0.3, -0.25) is 9.36 Å². The first kappa shape index (κ1) is 20.2. The molecule has 1 unspecified atom stereocenters. The highest BCUT2D eigenvalue weighted by Gasteiger charge is 2.32. The minimum absolute atomic E-state index is 0.0736. The summed E-state index contributed by atoms with van der Waals surface area (Å²) in [4.78, 5) is 14.9. The predicted molar refractivity (Wildman–Crippen MR) is 119 cm³/mol. The molecule has 1 aromatic heterocycles. The molecule has 3 aromatic rings. The zero-order chi connectivity index (χ0) is 21.4. The number of hydrogen-bond acceptors (Lipinski definition) is 4. The summed E-state index contributed by atoms with van der Waals surface area (Å²) < 4.78 is 16.4. The van der Waals surface area contributed by atoms with Gasteiger partial charge in [0.05, 0.1) is 17.4 Å². The SMILES string of the molecule is CN(C(=O)CSc1nnc(-c2ccccc2F)n1C1CC1)C1CCCc2ccccc21. The van der Waals surface area contributed by atoms with Crippen molar-refractivity contribution >= 4 is 17.7 Å². The summed E-state index contributed by atoms with van der Waals surface area (Å²) in [6.45, 7) is 0. The summed E-state index contributed by atoms with van der Waals surface area (Å²) in [5, 5.41) is 9.28. The number of carbonyl (C=O) groups excluding carboxylic acids is 1. The van der Waals surface area contributed by atoms with E-state index >= 15 is 0 Å². The molecule has 0 bridgehead atoms. The smallest absolute Gasteiger partial charge is 0.233 e. The average molecular weight is 437 g/mol. The van der Waals surface area contributed by atoms with Gasteiger partial charge < -0.3 is 4.90 Å². The van der Waals surface area contributed by atoms with Gasteiger partial charge in [-0.1, -0.05) is 48.2 Å². The van der Waals surface area contributed by atoms with E-state index in [1.807, 2.05) is 22.6 Å². The maximum Gasteiger partial charge on any atom is 0.233 e. The van der Waals surface area contributed by atoms with Crippen molar-refractivity contribution in [2.24, 2.45) is 0 Å². The van der Waals surface area contributed by atoms with Crippen molar-refractivity contribution in [2.75, 3.05) is 12.8 Å². The Labute approximate surface area is 185 Å². The largest absolute Gasteiger partial charge is 0.338 e. The van der Waals surface area contributed by atoms with Crippen LogP contribution < -0.4 is 0 Å². The summed E-state index contributed by atoms with van der Waals surface area (Å²) in [7, 11) is 1.89. The van der Waals surface area contributed by atoms with Crippen LogP contribution in [0.1, 0.15) is 48.9 Å². The van der Waals surface area contributed by atoms with Gasteiger partial charge in [0.15, 0.2) is 11.0 Å². The van der Waals surface area contributed by atoms with Gasteiger partial charge in [0.2, 0.25) is 5.91 Å². The van der Waals surface area contributed by atoms with Gasteiger partial charge in [-0.15, -0.1) is 10.2 Å². The highest BCUT2D eigenvalue weighted by molar-refractivity contribution is 7.99. The third-order valence-electron chi connectivity index (χ3n) is 6.21. The Morgan fingerprint density at radius 1 is 1.13 bits per heavy atom. The lowest BCUT2D eigenvalue weighted by atomic mass is 9.87. The minimum Gasteiger partial charge on any atom is -0.338 e. The molecule has 2 aromatic carbocycles. The van der Waals surface area contributed by atoms with Gasteiger partial charge >= 0.3 is 0 Å².